The molecular weight excluding hydrogens is 190 g/mol. The fourth-order valence-electron chi connectivity index (χ4n) is 1.68. The van der Waals surface area contributed by atoms with E-state index in [2.05, 4.69) is 4.90 Å². The van der Waals surface area contributed by atoms with Gasteiger partial charge in [-0.2, -0.15) is 0 Å². The number of likely N-dealkylation sites (tertiary alicyclic amines) is 1. The average molecular weight is 204 g/mol. The van der Waals surface area contributed by atoms with Gasteiger partial charge in [-0.1, -0.05) is 17.7 Å². The molecule has 1 atom stereocenters. The van der Waals surface area contributed by atoms with Crippen LogP contribution in [0.25, 0.3) is 0 Å². The molecule has 1 N–H and O–H groups in total. The third-order valence-electron chi connectivity index (χ3n) is 2.29. The molecule has 4 heteroatoms. The van der Waals surface area contributed by atoms with Gasteiger partial charge in [-0.15, -0.1) is 0 Å². The van der Waals surface area contributed by atoms with Gasteiger partial charge in [0.1, 0.15) is 0 Å². The number of aliphatic carboxylic acids is 1. The summed E-state index contributed by atoms with van der Waals surface area (Å²) in [4.78, 5) is 12.6. The van der Waals surface area contributed by atoms with E-state index in [1.54, 1.807) is 0 Å². The van der Waals surface area contributed by atoms with E-state index in [9.17, 15) is 4.79 Å². The molecule has 1 aliphatic rings. The SMILES string of the molecule is O=C(O)CC1CCN(CC=CCl)C1. The predicted octanol–water partition coefficient (Wildman–Crippen LogP) is 1.54. The average Bonchev–Trinajstić information content (AvgIpc) is 2.48. The van der Waals surface area contributed by atoms with E-state index in [1.807, 2.05) is 6.08 Å². The molecule has 0 saturated carbocycles. The Morgan fingerprint density at radius 3 is 3.08 bits per heavy atom. The van der Waals surface area contributed by atoms with Crippen molar-refractivity contribution in [1.29, 1.82) is 0 Å². The van der Waals surface area contributed by atoms with Crippen LogP contribution in [0.15, 0.2) is 11.6 Å². The Balaban J connectivity index is 2.23. The topological polar surface area (TPSA) is 40.5 Å². The summed E-state index contributed by atoms with van der Waals surface area (Å²) in [6.45, 7) is 2.70. The maximum absolute atomic E-state index is 10.4. The molecule has 1 heterocycles. The zero-order valence-corrected chi connectivity index (χ0v) is 8.20. The molecule has 0 amide bonds. The van der Waals surface area contributed by atoms with Crippen LogP contribution in [0.2, 0.25) is 0 Å². The van der Waals surface area contributed by atoms with Gasteiger partial charge in [0.15, 0.2) is 0 Å². The quantitative estimate of drug-likeness (QED) is 0.754. The number of carbonyl (C=O) groups is 1. The van der Waals surface area contributed by atoms with Gasteiger partial charge >= 0.3 is 5.97 Å². The second kappa shape index (κ2) is 5.25. The maximum atomic E-state index is 10.4. The normalized spacial score (nSPS) is 24.2. The van der Waals surface area contributed by atoms with Crippen LogP contribution in [0.5, 0.6) is 0 Å². The number of rotatable bonds is 4. The molecule has 1 fully saturated rings. The highest BCUT2D eigenvalue weighted by Gasteiger charge is 2.23. The molecular formula is C9H14ClNO2. The molecule has 1 saturated heterocycles. The van der Waals surface area contributed by atoms with E-state index in [0.29, 0.717) is 12.3 Å². The Kier molecular flexibility index (Phi) is 4.25. The molecule has 74 valence electrons. The van der Waals surface area contributed by atoms with E-state index in [0.717, 1.165) is 26.1 Å². The van der Waals surface area contributed by atoms with Crippen LogP contribution < -0.4 is 0 Å². The van der Waals surface area contributed by atoms with Crippen molar-refractivity contribution in [3.8, 4) is 0 Å². The number of hydrogen-bond acceptors (Lipinski definition) is 2. The third kappa shape index (κ3) is 3.79. The summed E-state index contributed by atoms with van der Waals surface area (Å²) >= 11 is 5.40. The highest BCUT2D eigenvalue weighted by Crippen LogP contribution is 2.18. The highest BCUT2D eigenvalue weighted by molar-refractivity contribution is 6.25. The third-order valence-corrected chi connectivity index (χ3v) is 2.46. The van der Waals surface area contributed by atoms with Gasteiger partial charge in [0.2, 0.25) is 0 Å². The van der Waals surface area contributed by atoms with Crippen LogP contribution in [0.4, 0.5) is 0 Å². The first-order valence-corrected chi connectivity index (χ1v) is 4.85. The monoisotopic (exact) mass is 203 g/mol. The van der Waals surface area contributed by atoms with Crippen LogP contribution in [-0.2, 0) is 4.79 Å². The van der Waals surface area contributed by atoms with Gasteiger partial charge in [0.05, 0.1) is 0 Å². The molecule has 0 aromatic heterocycles. The molecule has 3 nitrogen and oxygen atoms in total. The minimum absolute atomic E-state index is 0.293. The van der Waals surface area contributed by atoms with E-state index in [1.165, 1.54) is 5.54 Å². The first kappa shape index (κ1) is 10.5. The van der Waals surface area contributed by atoms with Crippen LogP contribution in [0.1, 0.15) is 12.8 Å². The van der Waals surface area contributed by atoms with Gasteiger partial charge in [-0.3, -0.25) is 9.69 Å². The van der Waals surface area contributed by atoms with Gasteiger partial charge in [0.25, 0.3) is 0 Å². The van der Waals surface area contributed by atoms with Crippen molar-refractivity contribution in [3.63, 3.8) is 0 Å². The van der Waals surface area contributed by atoms with Gasteiger partial charge in [0, 0.05) is 25.0 Å². The largest absolute Gasteiger partial charge is 0.481 e. The molecule has 0 radical (unpaired) electrons. The fourth-order valence-corrected chi connectivity index (χ4v) is 1.76. The molecule has 13 heavy (non-hydrogen) atoms. The smallest absolute Gasteiger partial charge is 0.303 e. The minimum atomic E-state index is -0.695. The van der Waals surface area contributed by atoms with Crippen molar-refractivity contribution in [1.82, 2.24) is 4.90 Å². The molecule has 1 unspecified atom stereocenters. The number of halogens is 1. The van der Waals surface area contributed by atoms with Crippen molar-refractivity contribution in [2.45, 2.75) is 12.8 Å². The second-order valence-electron chi connectivity index (χ2n) is 3.37. The summed E-state index contributed by atoms with van der Waals surface area (Å²) in [5.74, 6) is -0.374. The molecule has 1 rings (SSSR count). The maximum Gasteiger partial charge on any atom is 0.303 e. The minimum Gasteiger partial charge on any atom is -0.481 e. The summed E-state index contributed by atoms with van der Waals surface area (Å²) in [5, 5.41) is 8.58. The highest BCUT2D eigenvalue weighted by atomic mass is 35.5. The lowest BCUT2D eigenvalue weighted by Gasteiger charge is -2.11. The first-order valence-electron chi connectivity index (χ1n) is 4.41. The summed E-state index contributed by atoms with van der Waals surface area (Å²) in [5.41, 5.74) is 1.50. The Morgan fingerprint density at radius 1 is 1.69 bits per heavy atom. The van der Waals surface area contributed by atoms with E-state index in [4.69, 9.17) is 16.7 Å². The van der Waals surface area contributed by atoms with E-state index in [-0.39, 0.29) is 0 Å². The molecule has 0 aromatic carbocycles. The fraction of sp³-hybridized carbons (Fsp3) is 0.667. The van der Waals surface area contributed by atoms with Crippen LogP contribution >= 0.6 is 11.6 Å². The Hall–Kier alpha value is -0.540. The summed E-state index contributed by atoms with van der Waals surface area (Å²) in [6.07, 6.45) is 3.16. The second-order valence-corrected chi connectivity index (χ2v) is 3.63. The molecule has 0 aromatic rings. The molecule has 1 aliphatic heterocycles. The predicted molar refractivity (Wildman–Crippen MR) is 51.8 cm³/mol. The summed E-state index contributed by atoms with van der Waals surface area (Å²) < 4.78 is 0. The molecule has 0 aliphatic carbocycles. The Labute approximate surface area is 83.0 Å². The number of nitrogens with zero attached hydrogens (tertiary/aromatic N) is 1. The van der Waals surface area contributed by atoms with E-state index < -0.39 is 5.97 Å². The van der Waals surface area contributed by atoms with Gasteiger partial charge in [-0.25, -0.2) is 0 Å². The zero-order chi connectivity index (χ0) is 9.68. The zero-order valence-electron chi connectivity index (χ0n) is 7.45. The van der Waals surface area contributed by atoms with Crippen LogP contribution in [0.3, 0.4) is 0 Å². The molecule has 0 bridgehead atoms. The van der Waals surface area contributed by atoms with Gasteiger partial charge in [-0.05, 0) is 18.9 Å². The number of carboxylic acids is 1. The van der Waals surface area contributed by atoms with Crippen molar-refractivity contribution in [2.24, 2.45) is 5.92 Å². The number of carboxylic acid groups (broad SMARTS) is 1. The van der Waals surface area contributed by atoms with Crippen molar-refractivity contribution in [2.75, 3.05) is 19.6 Å². The van der Waals surface area contributed by atoms with Crippen molar-refractivity contribution < 1.29 is 9.90 Å². The summed E-state index contributed by atoms with van der Waals surface area (Å²) in [6, 6.07) is 0. The van der Waals surface area contributed by atoms with Crippen molar-refractivity contribution in [3.05, 3.63) is 11.6 Å². The Morgan fingerprint density at radius 2 is 2.46 bits per heavy atom. The number of hydrogen-bond donors (Lipinski definition) is 1. The van der Waals surface area contributed by atoms with Crippen LogP contribution in [-0.4, -0.2) is 35.6 Å². The molecule has 0 spiro atoms. The van der Waals surface area contributed by atoms with Crippen molar-refractivity contribution >= 4 is 17.6 Å². The lowest BCUT2D eigenvalue weighted by molar-refractivity contribution is -0.138. The van der Waals surface area contributed by atoms with Crippen LogP contribution in [0, 0.1) is 5.92 Å². The lowest BCUT2D eigenvalue weighted by atomic mass is 10.1. The standard InChI is InChI=1S/C9H14ClNO2/c10-3-1-4-11-5-2-8(7-11)6-9(12)13/h1,3,8H,2,4-7H2,(H,12,13). The van der Waals surface area contributed by atoms with E-state index >= 15 is 0 Å². The Bertz CT molecular complexity index is 206. The lowest BCUT2D eigenvalue weighted by Crippen LogP contribution is -2.21. The van der Waals surface area contributed by atoms with Gasteiger partial charge < -0.3 is 5.11 Å². The summed E-state index contributed by atoms with van der Waals surface area (Å²) in [7, 11) is 0. The first-order chi connectivity index (χ1) is 6.22.